The van der Waals surface area contributed by atoms with E-state index >= 15 is 0 Å². The smallest absolute Gasteiger partial charge is 0.269 e. The molecule has 0 radical (unpaired) electrons. The highest BCUT2D eigenvalue weighted by molar-refractivity contribution is 7.84. The van der Waals surface area contributed by atoms with E-state index in [9.17, 15) is 14.3 Å². The van der Waals surface area contributed by atoms with Gasteiger partial charge in [-0.05, 0) is 24.6 Å². The van der Waals surface area contributed by atoms with E-state index in [0.29, 0.717) is 23.7 Å². The Morgan fingerprint density at radius 1 is 1.53 bits per heavy atom. The van der Waals surface area contributed by atoms with Gasteiger partial charge in [-0.25, -0.2) is 0 Å². The summed E-state index contributed by atoms with van der Waals surface area (Å²) < 4.78 is 11.2. The van der Waals surface area contributed by atoms with Crippen LogP contribution in [0, 0.1) is 10.1 Å². The van der Waals surface area contributed by atoms with Gasteiger partial charge in [0.05, 0.1) is 4.92 Å². The van der Waals surface area contributed by atoms with Crippen molar-refractivity contribution in [2.24, 2.45) is 0 Å². The van der Waals surface area contributed by atoms with E-state index in [2.05, 4.69) is 5.32 Å². The summed E-state index contributed by atoms with van der Waals surface area (Å²) in [5.41, 5.74) is 0.727. The first kappa shape index (κ1) is 16.1. The topological polar surface area (TPSA) is 72.2 Å². The summed E-state index contributed by atoms with van der Waals surface area (Å²) in [6, 6.07) is 4.38. The summed E-state index contributed by atoms with van der Waals surface area (Å²) >= 11 is 5.98. The zero-order valence-corrected chi connectivity index (χ0v) is 12.5. The second-order valence-corrected chi connectivity index (χ2v) is 6.52. The number of halogens is 1. The Bertz CT molecular complexity index is 482. The van der Waals surface area contributed by atoms with E-state index < -0.39 is 15.7 Å². The summed E-state index contributed by atoms with van der Waals surface area (Å²) in [5.74, 6) is 0. The second kappa shape index (κ2) is 7.57. The Labute approximate surface area is 120 Å². The number of rotatable bonds is 7. The van der Waals surface area contributed by atoms with Gasteiger partial charge in [-0.2, -0.15) is 0 Å². The van der Waals surface area contributed by atoms with Gasteiger partial charge in [0.1, 0.15) is 0 Å². The molecule has 0 bridgehead atoms. The van der Waals surface area contributed by atoms with Crippen molar-refractivity contribution in [1.82, 2.24) is 5.32 Å². The maximum atomic E-state index is 11.2. The predicted molar refractivity (Wildman–Crippen MR) is 78.0 cm³/mol. The second-order valence-electron chi connectivity index (χ2n) is 4.31. The van der Waals surface area contributed by atoms with E-state index in [-0.39, 0.29) is 10.9 Å². The third-order valence-corrected chi connectivity index (χ3v) is 4.59. The molecule has 19 heavy (non-hydrogen) atoms. The van der Waals surface area contributed by atoms with Crippen LogP contribution in [0.4, 0.5) is 5.69 Å². The van der Waals surface area contributed by atoms with Crippen LogP contribution in [-0.4, -0.2) is 27.2 Å². The minimum Gasteiger partial charge on any atom is -0.313 e. The van der Waals surface area contributed by atoms with Gasteiger partial charge >= 0.3 is 0 Å². The minimum atomic E-state index is -0.828. The van der Waals surface area contributed by atoms with Crippen LogP contribution in [0.2, 0.25) is 5.02 Å². The lowest BCUT2D eigenvalue weighted by atomic mass is 10.2. The van der Waals surface area contributed by atoms with Crippen LogP contribution in [0.5, 0.6) is 0 Å². The molecular weight excluding hydrogens is 288 g/mol. The molecule has 7 heteroatoms. The van der Waals surface area contributed by atoms with E-state index in [0.717, 1.165) is 6.42 Å². The third kappa shape index (κ3) is 5.26. The first-order valence-corrected chi connectivity index (χ1v) is 7.87. The zero-order valence-electron chi connectivity index (χ0n) is 10.9. The van der Waals surface area contributed by atoms with Crippen molar-refractivity contribution in [3.63, 3.8) is 0 Å². The van der Waals surface area contributed by atoms with Crippen LogP contribution in [0.3, 0.4) is 0 Å². The molecule has 5 nitrogen and oxygen atoms in total. The molecule has 0 fully saturated rings. The molecule has 1 aromatic rings. The monoisotopic (exact) mass is 304 g/mol. The van der Waals surface area contributed by atoms with Crippen LogP contribution in [-0.2, 0) is 17.3 Å². The Balaban J connectivity index is 2.51. The average Bonchev–Trinajstić information content (AvgIpc) is 2.35. The van der Waals surface area contributed by atoms with Gasteiger partial charge in [0.25, 0.3) is 5.69 Å². The van der Waals surface area contributed by atoms with Crippen molar-refractivity contribution >= 4 is 28.1 Å². The molecule has 0 spiro atoms. The van der Waals surface area contributed by atoms with Crippen molar-refractivity contribution in [3.8, 4) is 0 Å². The normalized spacial score (nSPS) is 14.1. The van der Waals surface area contributed by atoms with Crippen molar-refractivity contribution in [2.45, 2.75) is 25.1 Å². The van der Waals surface area contributed by atoms with Crippen molar-refractivity contribution < 1.29 is 9.13 Å². The Kier molecular flexibility index (Phi) is 6.41. The molecule has 106 valence electrons. The third-order valence-electron chi connectivity index (χ3n) is 2.85. The molecule has 0 amide bonds. The summed E-state index contributed by atoms with van der Waals surface area (Å²) in [6.07, 6.45) is 2.47. The first-order chi connectivity index (χ1) is 8.91. The van der Waals surface area contributed by atoms with E-state index in [1.54, 1.807) is 6.26 Å². The Morgan fingerprint density at radius 2 is 2.21 bits per heavy atom. The summed E-state index contributed by atoms with van der Waals surface area (Å²) in [6.45, 7) is 3.08. The zero-order chi connectivity index (χ0) is 14.4. The van der Waals surface area contributed by atoms with Gasteiger partial charge in [0.2, 0.25) is 0 Å². The number of nitro benzene ring substituents is 1. The summed E-state index contributed by atoms with van der Waals surface area (Å²) in [7, 11) is -0.828. The van der Waals surface area contributed by atoms with Crippen LogP contribution in [0.1, 0.15) is 18.9 Å². The van der Waals surface area contributed by atoms with Gasteiger partial charge in [-0.3, -0.25) is 14.3 Å². The molecule has 1 N–H and O–H groups in total. The van der Waals surface area contributed by atoms with Gasteiger partial charge in [0.15, 0.2) is 0 Å². The fourth-order valence-electron chi connectivity index (χ4n) is 1.50. The quantitative estimate of drug-likeness (QED) is 0.477. The molecule has 0 aliphatic heterocycles. The lowest BCUT2D eigenvalue weighted by Crippen LogP contribution is -2.21. The number of nitrogens with one attached hydrogen (secondary N) is 1. The van der Waals surface area contributed by atoms with Crippen molar-refractivity contribution in [1.29, 1.82) is 0 Å². The maximum absolute atomic E-state index is 11.2. The molecule has 0 heterocycles. The summed E-state index contributed by atoms with van der Waals surface area (Å²) in [5, 5.41) is 14.5. The lowest BCUT2D eigenvalue weighted by Gasteiger charge is -2.10. The standard InChI is InChI=1S/C12H17ClN2O3S/c1-9(19(2)18)5-6-14-8-10-7-11(15(16)17)3-4-12(10)13/h3-4,7,9,14H,5-6,8H2,1-2H3. The SMILES string of the molecule is CC(CCNCc1cc([N+](=O)[O-])ccc1Cl)S(C)=O. The molecule has 0 saturated heterocycles. The molecule has 0 aromatic heterocycles. The summed E-state index contributed by atoms with van der Waals surface area (Å²) in [4.78, 5) is 10.2. The highest BCUT2D eigenvalue weighted by Gasteiger charge is 2.10. The molecular formula is C12H17ClN2O3S. The molecule has 0 aliphatic rings. The van der Waals surface area contributed by atoms with Crippen LogP contribution in [0.25, 0.3) is 0 Å². The highest BCUT2D eigenvalue weighted by Crippen LogP contribution is 2.21. The van der Waals surface area contributed by atoms with E-state index in [1.165, 1.54) is 18.2 Å². The predicted octanol–water partition coefficient (Wildman–Crippen LogP) is 2.49. The fourth-order valence-corrected chi connectivity index (χ4v) is 2.14. The molecule has 2 atom stereocenters. The van der Waals surface area contributed by atoms with Gasteiger partial charge < -0.3 is 5.32 Å². The minimum absolute atomic E-state index is 0.0317. The van der Waals surface area contributed by atoms with Crippen LogP contribution in [0.15, 0.2) is 18.2 Å². The van der Waals surface area contributed by atoms with Crippen LogP contribution < -0.4 is 5.32 Å². The number of hydrogen-bond donors (Lipinski definition) is 1. The molecule has 1 rings (SSSR count). The molecule has 2 unspecified atom stereocenters. The number of benzene rings is 1. The van der Waals surface area contributed by atoms with E-state index in [1.807, 2.05) is 6.92 Å². The molecule has 0 saturated carbocycles. The largest absolute Gasteiger partial charge is 0.313 e. The number of nitro groups is 1. The lowest BCUT2D eigenvalue weighted by molar-refractivity contribution is -0.384. The van der Waals surface area contributed by atoms with Gasteiger partial charge in [-0.1, -0.05) is 18.5 Å². The number of nitrogens with zero attached hydrogens (tertiary/aromatic N) is 1. The van der Waals surface area contributed by atoms with Crippen molar-refractivity contribution in [3.05, 3.63) is 38.9 Å². The fraction of sp³-hybridized carbons (Fsp3) is 0.500. The van der Waals surface area contributed by atoms with Crippen LogP contribution >= 0.6 is 11.6 Å². The Morgan fingerprint density at radius 3 is 2.79 bits per heavy atom. The highest BCUT2D eigenvalue weighted by atomic mass is 35.5. The van der Waals surface area contributed by atoms with Gasteiger partial charge in [0, 0.05) is 46.0 Å². The number of hydrogen-bond acceptors (Lipinski definition) is 4. The first-order valence-electron chi connectivity index (χ1n) is 5.87. The van der Waals surface area contributed by atoms with E-state index in [4.69, 9.17) is 11.6 Å². The molecule has 1 aromatic carbocycles. The van der Waals surface area contributed by atoms with Gasteiger partial charge in [-0.15, -0.1) is 0 Å². The maximum Gasteiger partial charge on any atom is 0.269 e. The Hall–Kier alpha value is -0.980. The number of non-ortho nitro benzene ring substituents is 1. The van der Waals surface area contributed by atoms with Crippen molar-refractivity contribution in [2.75, 3.05) is 12.8 Å². The average molecular weight is 305 g/mol. The molecule has 0 aliphatic carbocycles.